The molecule has 0 saturated carbocycles. The van der Waals surface area contributed by atoms with E-state index in [1.165, 1.54) is 12.1 Å². The number of carbonyl (C=O) groups excluding carboxylic acids is 1. The van der Waals surface area contributed by atoms with Crippen molar-refractivity contribution in [1.29, 1.82) is 0 Å². The first-order valence-corrected chi connectivity index (χ1v) is 17.2. The van der Waals surface area contributed by atoms with Crippen molar-refractivity contribution in [2.24, 2.45) is 0 Å². The van der Waals surface area contributed by atoms with Crippen molar-refractivity contribution < 1.29 is 17.9 Å². The van der Waals surface area contributed by atoms with Crippen LogP contribution >= 0.6 is 22.9 Å². The minimum absolute atomic E-state index is 0.0334. The lowest BCUT2D eigenvalue weighted by atomic mass is 10.1. The van der Waals surface area contributed by atoms with Crippen molar-refractivity contribution in [3.8, 4) is 5.75 Å². The molecule has 0 bridgehead atoms. The summed E-state index contributed by atoms with van der Waals surface area (Å²) in [7, 11) is -3.47. The first kappa shape index (κ1) is 32.0. The van der Waals surface area contributed by atoms with Crippen LogP contribution in [0.5, 0.6) is 5.75 Å². The van der Waals surface area contributed by atoms with E-state index in [0.29, 0.717) is 40.7 Å². The van der Waals surface area contributed by atoms with Gasteiger partial charge < -0.3 is 10.1 Å². The van der Waals surface area contributed by atoms with Gasteiger partial charge in [-0.1, -0.05) is 49.2 Å². The van der Waals surface area contributed by atoms with E-state index in [2.05, 4.69) is 43.2 Å². The van der Waals surface area contributed by atoms with E-state index in [-0.39, 0.29) is 23.2 Å². The van der Waals surface area contributed by atoms with E-state index < -0.39 is 9.84 Å². The zero-order valence-electron chi connectivity index (χ0n) is 24.4. The van der Waals surface area contributed by atoms with Crippen molar-refractivity contribution in [2.75, 3.05) is 11.1 Å². The summed E-state index contributed by atoms with van der Waals surface area (Å²) < 4.78 is 31.5. The second kappa shape index (κ2) is 15.1. The molecule has 13 heteroatoms. The molecule has 1 amide bonds. The number of sulfone groups is 1. The first-order chi connectivity index (χ1) is 21.8. The highest BCUT2D eigenvalue weighted by atomic mass is 35.5. The van der Waals surface area contributed by atoms with Crippen LogP contribution in [0.3, 0.4) is 0 Å². The third kappa shape index (κ3) is 9.07. The molecule has 0 atom stereocenters. The lowest BCUT2D eigenvalue weighted by Gasteiger charge is -2.14. The van der Waals surface area contributed by atoms with E-state index in [4.69, 9.17) is 16.3 Å². The van der Waals surface area contributed by atoms with Crippen LogP contribution in [-0.2, 0) is 29.3 Å². The second-order valence-corrected chi connectivity index (χ2v) is 13.6. The number of aryl methyl sites for hydroxylation is 2. The number of anilines is 1. The van der Waals surface area contributed by atoms with Crippen LogP contribution in [0.2, 0.25) is 5.02 Å². The average Bonchev–Trinajstić information content (AvgIpc) is 3.73. The quantitative estimate of drug-likeness (QED) is 0.134. The second-order valence-electron chi connectivity index (χ2n) is 10.2. The Morgan fingerprint density at radius 1 is 1.07 bits per heavy atom. The number of rotatable bonds is 14. The number of amides is 1. The fourth-order valence-corrected chi connectivity index (χ4v) is 6.66. The Balaban J connectivity index is 1.29. The normalized spacial score (nSPS) is 11.6. The Bertz CT molecular complexity index is 1870. The number of nitrogens with zero attached hydrogens (tertiary/aromatic N) is 4. The molecule has 0 aliphatic heterocycles. The molecule has 0 radical (unpaired) electrons. The first-order valence-electron chi connectivity index (χ1n) is 14.3. The van der Waals surface area contributed by atoms with Crippen LogP contribution < -0.4 is 10.1 Å². The molecule has 10 nitrogen and oxygen atoms in total. The highest BCUT2D eigenvalue weighted by molar-refractivity contribution is 7.91. The minimum Gasteiger partial charge on any atom is -0.483 e. The molecule has 5 rings (SSSR count). The largest absolute Gasteiger partial charge is 0.483 e. The van der Waals surface area contributed by atoms with Gasteiger partial charge >= 0.3 is 0 Å². The Labute approximate surface area is 270 Å². The minimum atomic E-state index is -3.47. The van der Waals surface area contributed by atoms with Crippen molar-refractivity contribution in [3.05, 3.63) is 110 Å². The predicted molar refractivity (Wildman–Crippen MR) is 176 cm³/mol. The van der Waals surface area contributed by atoms with E-state index in [0.717, 1.165) is 34.7 Å². The number of thiazole rings is 1. The number of aromatic amines is 1. The Hall–Kier alpha value is -4.39. The number of hydrogen-bond acceptors (Lipinski definition) is 9. The number of halogens is 1. The number of hydrogen-bond donors (Lipinski definition) is 2. The maximum Gasteiger partial charge on any atom is 0.255 e. The smallest absolute Gasteiger partial charge is 0.255 e. The molecule has 0 fully saturated rings. The van der Waals surface area contributed by atoms with E-state index in [1.807, 2.05) is 30.4 Å². The summed E-state index contributed by atoms with van der Waals surface area (Å²) in [5, 5.41) is 20.0. The Kier molecular flexibility index (Phi) is 10.7. The summed E-state index contributed by atoms with van der Waals surface area (Å²) in [6.45, 7) is 2.19. The monoisotopic (exact) mass is 662 g/mol. The molecule has 0 aliphatic rings. The van der Waals surface area contributed by atoms with Gasteiger partial charge in [0.2, 0.25) is 0 Å². The number of aromatic nitrogens is 5. The molecule has 232 valence electrons. The number of nitrogens with one attached hydrogen (secondary N) is 2. The molecule has 5 aromatic rings. The molecular weight excluding hydrogens is 632 g/mol. The topological polar surface area (TPSA) is 140 Å². The molecular formula is C32H31ClN6O4S2. The van der Waals surface area contributed by atoms with Gasteiger partial charge in [0.15, 0.2) is 15.7 Å². The third-order valence-corrected chi connectivity index (χ3v) is 9.67. The molecule has 2 aromatic heterocycles. The molecule has 0 unspecified atom stereocenters. The van der Waals surface area contributed by atoms with E-state index >= 15 is 0 Å². The molecule has 0 aliphatic carbocycles. The van der Waals surface area contributed by atoms with E-state index in [1.54, 1.807) is 47.7 Å². The van der Waals surface area contributed by atoms with Gasteiger partial charge in [-0.3, -0.25) is 4.79 Å². The van der Waals surface area contributed by atoms with Gasteiger partial charge in [-0.25, -0.2) is 18.5 Å². The van der Waals surface area contributed by atoms with Crippen molar-refractivity contribution in [2.45, 2.75) is 44.1 Å². The van der Waals surface area contributed by atoms with Crippen LogP contribution in [0.25, 0.3) is 12.2 Å². The van der Waals surface area contributed by atoms with Crippen molar-refractivity contribution >= 4 is 56.5 Å². The molecule has 2 N–H and O–H groups in total. The zero-order chi connectivity index (χ0) is 31.6. The van der Waals surface area contributed by atoms with Gasteiger partial charge in [0, 0.05) is 16.0 Å². The van der Waals surface area contributed by atoms with Crippen LogP contribution in [-0.4, -0.2) is 45.7 Å². The third-order valence-electron chi connectivity index (χ3n) is 6.74. The molecule has 2 heterocycles. The summed E-state index contributed by atoms with van der Waals surface area (Å²) in [6.07, 6.45) is 6.73. The van der Waals surface area contributed by atoms with Crippen molar-refractivity contribution in [3.63, 3.8) is 0 Å². The van der Waals surface area contributed by atoms with Gasteiger partial charge in [-0.15, -0.1) is 16.4 Å². The van der Waals surface area contributed by atoms with Crippen LogP contribution in [0.1, 0.15) is 57.8 Å². The standard InChI is InChI=1S/C32H31ClN6O4S2/c1-2-5-26-21-44-31(34-26)16-10-22-6-3-8-24(18-22)32(40)35-28-19-23(9-15-29(28)43-20-30-36-38-39-37-30)7-4-17-45(41,42)27-13-11-25(33)12-14-27/h3,6,8-16,18-19,21H,2,4-5,7,17,20H2,1H3,(H,35,40)(H,36,37,38,39). The van der Waals surface area contributed by atoms with E-state index in [9.17, 15) is 13.2 Å². The lowest BCUT2D eigenvalue weighted by molar-refractivity contribution is 0.102. The average molecular weight is 663 g/mol. The predicted octanol–water partition coefficient (Wildman–Crippen LogP) is 6.67. The van der Waals surface area contributed by atoms with Gasteiger partial charge in [0.05, 0.1) is 22.0 Å². The van der Waals surface area contributed by atoms with Gasteiger partial charge in [0.25, 0.3) is 5.91 Å². The summed E-state index contributed by atoms with van der Waals surface area (Å²) in [4.78, 5) is 18.3. The summed E-state index contributed by atoms with van der Waals surface area (Å²) in [6, 6.07) is 18.8. The highest BCUT2D eigenvalue weighted by Gasteiger charge is 2.16. The number of ether oxygens (including phenoxy) is 1. The molecule has 0 saturated heterocycles. The molecule has 45 heavy (non-hydrogen) atoms. The number of tetrazole rings is 1. The maximum absolute atomic E-state index is 13.4. The Morgan fingerprint density at radius 2 is 1.91 bits per heavy atom. The lowest BCUT2D eigenvalue weighted by Crippen LogP contribution is -2.14. The number of H-pyrrole nitrogens is 1. The fraction of sp³-hybridized carbons (Fsp3) is 0.219. The van der Waals surface area contributed by atoms with Gasteiger partial charge in [-0.2, -0.15) is 0 Å². The van der Waals surface area contributed by atoms with Crippen LogP contribution in [0.4, 0.5) is 5.69 Å². The molecule has 0 spiro atoms. The highest BCUT2D eigenvalue weighted by Crippen LogP contribution is 2.28. The van der Waals surface area contributed by atoms with Crippen LogP contribution in [0, 0.1) is 0 Å². The zero-order valence-corrected chi connectivity index (χ0v) is 26.8. The molecule has 3 aromatic carbocycles. The number of carbonyl (C=O) groups is 1. The fourth-order valence-electron chi connectivity index (χ4n) is 4.48. The maximum atomic E-state index is 13.4. The summed E-state index contributed by atoms with van der Waals surface area (Å²) >= 11 is 7.49. The SMILES string of the molecule is CCCc1csc(C=Cc2cccc(C(=O)Nc3cc(CCCS(=O)(=O)c4ccc(Cl)cc4)ccc3OCc3nnn[nH]3)c2)n1. The van der Waals surface area contributed by atoms with Crippen molar-refractivity contribution in [1.82, 2.24) is 25.6 Å². The van der Waals surface area contributed by atoms with Gasteiger partial charge in [0.1, 0.15) is 17.4 Å². The number of benzene rings is 3. The Morgan fingerprint density at radius 3 is 2.69 bits per heavy atom. The summed E-state index contributed by atoms with van der Waals surface area (Å²) in [5.74, 6) is 0.484. The van der Waals surface area contributed by atoms with Gasteiger partial charge in [-0.05, 0) is 95.4 Å². The summed E-state index contributed by atoms with van der Waals surface area (Å²) in [5.41, 5.74) is 3.69. The van der Waals surface area contributed by atoms with Crippen LogP contribution in [0.15, 0.2) is 77.0 Å².